The molecular weight excluding hydrogens is 362 g/mol. The van der Waals surface area contributed by atoms with Gasteiger partial charge >= 0.3 is 0 Å². The molecule has 140 valence electrons. The topological polar surface area (TPSA) is 22.1 Å². The zero-order chi connectivity index (χ0) is 18.8. The number of rotatable bonds is 5. The van der Waals surface area contributed by atoms with E-state index in [1.165, 1.54) is 41.5 Å². The highest BCUT2D eigenvalue weighted by Gasteiger charge is 2.37. The lowest BCUT2D eigenvalue weighted by Crippen LogP contribution is -2.23. The minimum Gasteiger partial charge on any atom is -0.486 e. The predicted molar refractivity (Wildman–Crippen MR) is 116 cm³/mol. The van der Waals surface area contributed by atoms with Gasteiger partial charge in [0.2, 0.25) is 0 Å². The number of benzene rings is 3. The lowest BCUT2D eigenvalue weighted by Gasteiger charge is -2.31. The molecule has 28 heavy (non-hydrogen) atoms. The molecule has 1 aromatic heterocycles. The van der Waals surface area contributed by atoms with Crippen molar-refractivity contribution < 1.29 is 4.74 Å². The molecule has 1 aliphatic rings. The van der Waals surface area contributed by atoms with E-state index in [1.54, 1.807) is 11.3 Å². The largest absolute Gasteiger partial charge is 0.486 e. The quantitative estimate of drug-likeness (QED) is 0.380. The molecule has 0 bridgehead atoms. The number of ether oxygens (including phenoxy) is 1. The van der Waals surface area contributed by atoms with Crippen LogP contribution in [-0.2, 0) is 12.0 Å². The summed E-state index contributed by atoms with van der Waals surface area (Å²) in [5.74, 6) is 0.930. The lowest BCUT2D eigenvalue weighted by molar-refractivity contribution is 0.305. The summed E-state index contributed by atoms with van der Waals surface area (Å²) in [5.41, 5.74) is 3.97. The molecular formula is C25H23NOS. The second-order valence-corrected chi connectivity index (χ2v) is 8.66. The second kappa shape index (κ2) is 7.40. The van der Waals surface area contributed by atoms with Gasteiger partial charge in [0.1, 0.15) is 17.4 Å². The second-order valence-electron chi connectivity index (χ2n) is 7.55. The maximum absolute atomic E-state index is 6.15. The van der Waals surface area contributed by atoms with Crippen LogP contribution in [0.25, 0.3) is 10.2 Å². The number of nitrogens with zero attached hydrogens (tertiary/aromatic N) is 1. The summed E-state index contributed by atoms with van der Waals surface area (Å²) in [6.07, 6.45) is 4.98. The fourth-order valence-electron chi connectivity index (χ4n) is 4.49. The first-order valence-electron chi connectivity index (χ1n) is 9.97. The Morgan fingerprint density at radius 1 is 0.821 bits per heavy atom. The Morgan fingerprint density at radius 2 is 1.57 bits per heavy atom. The van der Waals surface area contributed by atoms with Gasteiger partial charge in [-0.3, -0.25) is 0 Å². The fourth-order valence-corrected chi connectivity index (χ4v) is 5.37. The van der Waals surface area contributed by atoms with Crippen LogP contribution >= 0.6 is 11.3 Å². The van der Waals surface area contributed by atoms with Gasteiger partial charge in [-0.05, 0) is 48.2 Å². The van der Waals surface area contributed by atoms with E-state index in [0.717, 1.165) is 16.3 Å². The van der Waals surface area contributed by atoms with E-state index in [-0.39, 0.29) is 5.41 Å². The van der Waals surface area contributed by atoms with Crippen molar-refractivity contribution in [3.8, 4) is 5.75 Å². The van der Waals surface area contributed by atoms with Crippen molar-refractivity contribution in [2.24, 2.45) is 0 Å². The Morgan fingerprint density at radius 3 is 2.39 bits per heavy atom. The molecule has 4 aromatic rings. The highest BCUT2D eigenvalue weighted by Crippen LogP contribution is 2.47. The average Bonchev–Trinajstić information content (AvgIpc) is 3.41. The number of para-hydroxylation sites is 1. The Bertz CT molecular complexity index is 1050. The van der Waals surface area contributed by atoms with E-state index in [9.17, 15) is 0 Å². The van der Waals surface area contributed by atoms with Crippen LogP contribution in [0.1, 0.15) is 41.8 Å². The molecule has 0 N–H and O–H groups in total. The van der Waals surface area contributed by atoms with Crippen molar-refractivity contribution in [3.63, 3.8) is 0 Å². The summed E-state index contributed by atoms with van der Waals surface area (Å²) in [5, 5.41) is 1.02. The van der Waals surface area contributed by atoms with E-state index >= 15 is 0 Å². The van der Waals surface area contributed by atoms with Crippen LogP contribution in [0.3, 0.4) is 0 Å². The van der Waals surface area contributed by atoms with Crippen LogP contribution in [0.15, 0.2) is 78.9 Å². The summed E-state index contributed by atoms with van der Waals surface area (Å²) in [7, 11) is 0. The predicted octanol–water partition coefficient (Wildman–Crippen LogP) is 6.74. The van der Waals surface area contributed by atoms with Gasteiger partial charge in [0.25, 0.3) is 0 Å². The maximum Gasteiger partial charge on any atom is 0.140 e. The smallest absolute Gasteiger partial charge is 0.140 e. The fraction of sp³-hybridized carbons (Fsp3) is 0.240. The Hall–Kier alpha value is -2.65. The van der Waals surface area contributed by atoms with E-state index in [4.69, 9.17) is 4.74 Å². The van der Waals surface area contributed by atoms with Crippen LogP contribution < -0.4 is 4.74 Å². The van der Waals surface area contributed by atoms with Gasteiger partial charge in [0.15, 0.2) is 0 Å². The SMILES string of the molecule is c1ccc(C2(c3cccc(OCc4nc5ccccc5s4)c3)CCCC2)cc1. The molecule has 0 saturated heterocycles. The molecule has 0 atom stereocenters. The first kappa shape index (κ1) is 17.4. The van der Waals surface area contributed by atoms with Crippen LogP contribution in [-0.4, -0.2) is 4.98 Å². The first-order valence-corrected chi connectivity index (χ1v) is 10.8. The summed E-state index contributed by atoms with van der Waals surface area (Å²) in [4.78, 5) is 4.68. The Balaban J connectivity index is 1.41. The third-order valence-corrected chi connectivity index (χ3v) is 6.88. The van der Waals surface area contributed by atoms with Crippen molar-refractivity contribution in [3.05, 3.63) is 95.0 Å². The molecule has 1 aliphatic carbocycles. The highest BCUT2D eigenvalue weighted by atomic mass is 32.1. The van der Waals surface area contributed by atoms with Crippen molar-refractivity contribution >= 4 is 21.6 Å². The van der Waals surface area contributed by atoms with Crippen LogP contribution in [0.4, 0.5) is 0 Å². The van der Waals surface area contributed by atoms with E-state index in [0.29, 0.717) is 6.61 Å². The van der Waals surface area contributed by atoms with E-state index < -0.39 is 0 Å². The number of aromatic nitrogens is 1. The molecule has 1 fully saturated rings. The molecule has 0 spiro atoms. The summed E-state index contributed by atoms with van der Waals surface area (Å²) in [6, 6.07) is 27.9. The number of fused-ring (bicyclic) bond motifs is 1. The van der Waals surface area contributed by atoms with Gasteiger partial charge in [-0.25, -0.2) is 4.98 Å². The third kappa shape index (κ3) is 3.20. The summed E-state index contributed by atoms with van der Waals surface area (Å²) >= 11 is 1.71. The molecule has 3 heteroatoms. The first-order chi connectivity index (χ1) is 13.8. The Kier molecular flexibility index (Phi) is 4.61. The van der Waals surface area contributed by atoms with Gasteiger partial charge in [0, 0.05) is 5.41 Å². The van der Waals surface area contributed by atoms with Gasteiger partial charge in [0.05, 0.1) is 10.2 Å². The molecule has 0 unspecified atom stereocenters. The monoisotopic (exact) mass is 385 g/mol. The van der Waals surface area contributed by atoms with Gasteiger partial charge in [-0.2, -0.15) is 0 Å². The molecule has 1 heterocycles. The zero-order valence-corrected chi connectivity index (χ0v) is 16.6. The minimum atomic E-state index is 0.122. The lowest BCUT2D eigenvalue weighted by atomic mass is 9.73. The highest BCUT2D eigenvalue weighted by molar-refractivity contribution is 7.18. The molecule has 0 amide bonds. The average molecular weight is 386 g/mol. The van der Waals surface area contributed by atoms with Crippen molar-refractivity contribution in [1.29, 1.82) is 0 Å². The van der Waals surface area contributed by atoms with Crippen molar-refractivity contribution in [2.45, 2.75) is 37.7 Å². The third-order valence-electron chi connectivity index (χ3n) is 5.87. The molecule has 0 aliphatic heterocycles. The summed E-state index contributed by atoms with van der Waals surface area (Å²) in [6.45, 7) is 0.515. The van der Waals surface area contributed by atoms with Gasteiger partial charge in [-0.15, -0.1) is 11.3 Å². The molecule has 2 nitrogen and oxygen atoms in total. The van der Waals surface area contributed by atoms with E-state index in [2.05, 4.69) is 77.8 Å². The summed E-state index contributed by atoms with van der Waals surface area (Å²) < 4.78 is 7.36. The minimum absolute atomic E-state index is 0.122. The molecule has 5 rings (SSSR count). The van der Waals surface area contributed by atoms with Crippen LogP contribution in [0.5, 0.6) is 5.75 Å². The normalized spacial score (nSPS) is 15.7. The maximum atomic E-state index is 6.15. The molecule has 1 saturated carbocycles. The standard InChI is InChI=1S/C25H23NOS/c1-2-9-19(10-3-1)25(15-6-7-16-25)20-11-8-12-21(17-20)27-18-24-26-22-13-4-5-14-23(22)28-24/h1-5,8-14,17H,6-7,15-16,18H2. The molecule has 3 aromatic carbocycles. The number of hydrogen-bond donors (Lipinski definition) is 0. The van der Waals surface area contributed by atoms with Gasteiger partial charge < -0.3 is 4.74 Å². The van der Waals surface area contributed by atoms with Crippen molar-refractivity contribution in [1.82, 2.24) is 4.98 Å². The Labute approximate surface area is 169 Å². The van der Waals surface area contributed by atoms with Crippen LogP contribution in [0, 0.1) is 0 Å². The number of hydrogen-bond acceptors (Lipinski definition) is 3. The van der Waals surface area contributed by atoms with Crippen LogP contribution in [0.2, 0.25) is 0 Å². The zero-order valence-electron chi connectivity index (χ0n) is 15.8. The van der Waals surface area contributed by atoms with Gasteiger partial charge in [-0.1, -0.05) is 67.4 Å². The van der Waals surface area contributed by atoms with Crippen molar-refractivity contribution in [2.75, 3.05) is 0 Å². The molecule has 0 radical (unpaired) electrons. The van der Waals surface area contributed by atoms with E-state index in [1.807, 2.05) is 6.07 Å². The number of thiazole rings is 1.